The summed E-state index contributed by atoms with van der Waals surface area (Å²) in [6.07, 6.45) is 13.1. The Labute approximate surface area is 198 Å². The van der Waals surface area contributed by atoms with Crippen molar-refractivity contribution >= 4 is 5.97 Å². The molecule has 0 N–H and O–H groups in total. The second-order valence-corrected chi connectivity index (χ2v) is 9.85. The molecule has 4 fully saturated rings. The Kier molecular flexibility index (Phi) is 9.26. The third-order valence-corrected chi connectivity index (χ3v) is 7.27. The molecular weight excluding hydrogens is 420 g/mol. The summed E-state index contributed by atoms with van der Waals surface area (Å²) in [5.74, 6) is 6.86. The molecule has 3 saturated heterocycles. The second-order valence-electron chi connectivity index (χ2n) is 9.85. The van der Waals surface area contributed by atoms with E-state index in [4.69, 9.17) is 23.7 Å². The Morgan fingerprint density at radius 3 is 2.55 bits per heavy atom. The molecule has 0 aromatic heterocycles. The number of ether oxygens (including phenoxy) is 5. The molecular formula is C27H40O6. The first kappa shape index (κ1) is 24.7. The zero-order valence-electron chi connectivity index (χ0n) is 20.2. The van der Waals surface area contributed by atoms with E-state index in [-0.39, 0.29) is 54.6 Å². The fraction of sp³-hybridized carbons (Fsp3) is 0.815. The van der Waals surface area contributed by atoms with Crippen LogP contribution in [-0.2, 0) is 28.5 Å². The normalized spacial score (nSPS) is 36.1. The second kappa shape index (κ2) is 12.4. The Hall–Kier alpha value is -1.39. The SMILES string of the molecule is CCC#CCC(C)[C@@H](C=C[C@@H]1[C@H]2CC(=O)O[C@H]2C[C@H]1OC1CCCCO1)OC1CCCCO1. The zero-order valence-corrected chi connectivity index (χ0v) is 20.2. The van der Waals surface area contributed by atoms with E-state index in [0.717, 1.165) is 71.0 Å². The Morgan fingerprint density at radius 1 is 1.09 bits per heavy atom. The van der Waals surface area contributed by atoms with Gasteiger partial charge in [0.05, 0.1) is 18.6 Å². The van der Waals surface area contributed by atoms with Gasteiger partial charge in [-0.3, -0.25) is 4.79 Å². The van der Waals surface area contributed by atoms with Gasteiger partial charge in [-0.15, -0.1) is 11.8 Å². The molecule has 184 valence electrons. The van der Waals surface area contributed by atoms with Crippen molar-refractivity contribution < 1.29 is 28.5 Å². The summed E-state index contributed by atoms with van der Waals surface area (Å²) in [6, 6.07) is 0. The van der Waals surface area contributed by atoms with E-state index in [1.165, 1.54) is 0 Å². The van der Waals surface area contributed by atoms with Gasteiger partial charge in [-0.2, -0.15) is 0 Å². The van der Waals surface area contributed by atoms with Crippen LogP contribution in [0.25, 0.3) is 0 Å². The van der Waals surface area contributed by atoms with Gasteiger partial charge in [-0.25, -0.2) is 0 Å². The molecule has 1 saturated carbocycles. The van der Waals surface area contributed by atoms with Crippen molar-refractivity contribution in [3.8, 4) is 11.8 Å². The molecule has 6 heteroatoms. The first-order chi connectivity index (χ1) is 16.1. The Morgan fingerprint density at radius 2 is 1.85 bits per heavy atom. The van der Waals surface area contributed by atoms with E-state index in [2.05, 4.69) is 37.8 Å². The zero-order chi connectivity index (χ0) is 23.0. The van der Waals surface area contributed by atoms with Gasteiger partial charge >= 0.3 is 5.97 Å². The quantitative estimate of drug-likeness (QED) is 0.296. The highest BCUT2D eigenvalue weighted by Crippen LogP contribution is 2.44. The molecule has 3 aliphatic heterocycles. The van der Waals surface area contributed by atoms with Gasteiger partial charge in [0.2, 0.25) is 0 Å². The van der Waals surface area contributed by atoms with Gasteiger partial charge in [0.25, 0.3) is 0 Å². The van der Waals surface area contributed by atoms with Crippen molar-refractivity contribution in [3.63, 3.8) is 0 Å². The maximum atomic E-state index is 12.0. The monoisotopic (exact) mass is 460 g/mol. The van der Waals surface area contributed by atoms with Gasteiger partial charge < -0.3 is 23.7 Å². The van der Waals surface area contributed by atoms with Crippen molar-refractivity contribution in [2.45, 2.75) is 109 Å². The Balaban J connectivity index is 1.46. The molecule has 0 aromatic carbocycles. The molecule has 0 bridgehead atoms. The number of rotatable bonds is 8. The van der Waals surface area contributed by atoms with Crippen LogP contribution in [0.4, 0.5) is 0 Å². The molecule has 3 unspecified atom stereocenters. The Bertz CT molecular complexity index is 712. The predicted octanol–water partition coefficient (Wildman–Crippen LogP) is 4.76. The fourth-order valence-corrected chi connectivity index (χ4v) is 5.40. The van der Waals surface area contributed by atoms with Crippen LogP contribution in [-0.4, -0.2) is 50.1 Å². The van der Waals surface area contributed by atoms with Crippen LogP contribution >= 0.6 is 0 Å². The number of hydrogen-bond acceptors (Lipinski definition) is 6. The van der Waals surface area contributed by atoms with Crippen LogP contribution in [0, 0.1) is 29.6 Å². The van der Waals surface area contributed by atoms with Crippen LogP contribution in [0.15, 0.2) is 12.2 Å². The van der Waals surface area contributed by atoms with Gasteiger partial charge in [0, 0.05) is 44.3 Å². The summed E-state index contributed by atoms with van der Waals surface area (Å²) >= 11 is 0. The number of esters is 1. The average molecular weight is 461 g/mol. The van der Waals surface area contributed by atoms with Crippen molar-refractivity contribution in [1.29, 1.82) is 0 Å². The summed E-state index contributed by atoms with van der Waals surface area (Å²) < 4.78 is 30.1. The summed E-state index contributed by atoms with van der Waals surface area (Å²) in [4.78, 5) is 12.0. The molecule has 0 spiro atoms. The van der Waals surface area contributed by atoms with Crippen molar-refractivity contribution in [2.75, 3.05) is 13.2 Å². The van der Waals surface area contributed by atoms with E-state index in [9.17, 15) is 4.79 Å². The molecule has 33 heavy (non-hydrogen) atoms. The van der Waals surface area contributed by atoms with E-state index in [0.29, 0.717) is 6.42 Å². The lowest BCUT2D eigenvalue weighted by Gasteiger charge is -2.30. The van der Waals surface area contributed by atoms with Crippen LogP contribution < -0.4 is 0 Å². The smallest absolute Gasteiger partial charge is 0.306 e. The number of fused-ring (bicyclic) bond motifs is 1. The molecule has 4 rings (SSSR count). The first-order valence-electron chi connectivity index (χ1n) is 13.0. The van der Waals surface area contributed by atoms with Gasteiger partial charge in [0.15, 0.2) is 12.6 Å². The van der Waals surface area contributed by atoms with Crippen molar-refractivity contribution in [1.82, 2.24) is 0 Å². The molecule has 0 amide bonds. The molecule has 0 radical (unpaired) electrons. The van der Waals surface area contributed by atoms with Gasteiger partial charge in [-0.1, -0.05) is 26.0 Å². The lowest BCUT2D eigenvalue weighted by molar-refractivity contribution is -0.194. The van der Waals surface area contributed by atoms with Crippen LogP contribution in [0.1, 0.15) is 78.1 Å². The number of carbonyl (C=O) groups excluding carboxylic acids is 1. The number of carbonyl (C=O) groups is 1. The third-order valence-electron chi connectivity index (χ3n) is 7.27. The predicted molar refractivity (Wildman–Crippen MR) is 124 cm³/mol. The average Bonchev–Trinajstić information content (AvgIpc) is 3.33. The standard InChI is InChI=1S/C27H40O6/c1-3-4-5-10-19(2)22(32-26-11-6-8-15-29-26)14-13-20-21-17-25(28)31-24(21)18-23(20)33-27-12-7-9-16-30-27/h13-14,19-24,26-27H,3,6-12,15-18H2,1-2H3/t19?,20-,21-,22-,23-,24+,26?,27?/m1/s1. The summed E-state index contributed by atoms with van der Waals surface area (Å²) in [5.41, 5.74) is 0. The molecule has 1 aliphatic carbocycles. The van der Waals surface area contributed by atoms with Crippen molar-refractivity contribution in [2.24, 2.45) is 17.8 Å². The maximum Gasteiger partial charge on any atom is 0.306 e. The largest absolute Gasteiger partial charge is 0.462 e. The van der Waals surface area contributed by atoms with E-state index in [1.54, 1.807) is 0 Å². The summed E-state index contributed by atoms with van der Waals surface area (Å²) in [7, 11) is 0. The minimum atomic E-state index is -0.162. The third kappa shape index (κ3) is 6.82. The first-order valence-corrected chi connectivity index (χ1v) is 13.0. The maximum absolute atomic E-state index is 12.0. The van der Waals surface area contributed by atoms with E-state index in [1.807, 2.05) is 0 Å². The fourth-order valence-electron chi connectivity index (χ4n) is 5.40. The van der Waals surface area contributed by atoms with E-state index < -0.39 is 0 Å². The minimum absolute atomic E-state index is 0.00535. The highest BCUT2D eigenvalue weighted by atomic mass is 16.7. The molecule has 3 heterocycles. The highest BCUT2D eigenvalue weighted by molar-refractivity contribution is 5.72. The van der Waals surface area contributed by atoms with E-state index >= 15 is 0 Å². The van der Waals surface area contributed by atoms with Crippen LogP contribution in [0.2, 0.25) is 0 Å². The lowest BCUT2D eigenvalue weighted by atomic mass is 9.90. The van der Waals surface area contributed by atoms with Crippen molar-refractivity contribution in [3.05, 3.63) is 12.2 Å². The topological polar surface area (TPSA) is 63.2 Å². The highest BCUT2D eigenvalue weighted by Gasteiger charge is 2.50. The van der Waals surface area contributed by atoms with Gasteiger partial charge in [-0.05, 0) is 44.4 Å². The lowest BCUT2D eigenvalue weighted by Crippen LogP contribution is -2.32. The molecule has 0 aromatic rings. The van der Waals surface area contributed by atoms with Crippen LogP contribution in [0.5, 0.6) is 0 Å². The molecule has 4 aliphatic rings. The van der Waals surface area contributed by atoms with Gasteiger partial charge in [0.1, 0.15) is 6.10 Å². The summed E-state index contributed by atoms with van der Waals surface area (Å²) in [5, 5.41) is 0. The minimum Gasteiger partial charge on any atom is -0.462 e. The molecule has 8 atom stereocenters. The number of hydrogen-bond donors (Lipinski definition) is 0. The summed E-state index contributed by atoms with van der Waals surface area (Å²) in [6.45, 7) is 5.77. The van der Waals surface area contributed by atoms with Crippen LogP contribution in [0.3, 0.4) is 0 Å². The molecule has 6 nitrogen and oxygen atoms in total.